The SMILES string of the molecule is CC(C1CCCCC1)N1CCCC1C1CCCN1. The fourth-order valence-corrected chi connectivity index (χ4v) is 4.68. The highest BCUT2D eigenvalue weighted by Crippen LogP contribution is 2.34. The normalized spacial score (nSPS) is 37.2. The summed E-state index contributed by atoms with van der Waals surface area (Å²) in [5.41, 5.74) is 0. The van der Waals surface area contributed by atoms with Crippen LogP contribution in [0.25, 0.3) is 0 Å². The molecule has 1 saturated carbocycles. The highest BCUT2D eigenvalue weighted by atomic mass is 15.2. The molecule has 2 heteroatoms. The van der Waals surface area contributed by atoms with Crippen LogP contribution in [0.5, 0.6) is 0 Å². The number of hydrogen-bond donors (Lipinski definition) is 1. The smallest absolute Gasteiger partial charge is 0.0252 e. The molecule has 104 valence electrons. The lowest BCUT2D eigenvalue weighted by molar-refractivity contribution is 0.102. The average Bonchev–Trinajstić information content (AvgIpc) is 3.09. The molecule has 1 N–H and O–H groups in total. The standard InChI is InChI=1S/C16H30N2/c1-13(14-7-3-2-4-8-14)18-12-6-10-16(18)15-9-5-11-17-15/h13-17H,2-12H2,1H3. The molecule has 2 aliphatic heterocycles. The first-order chi connectivity index (χ1) is 8.86. The molecular formula is C16H30N2. The molecule has 0 bridgehead atoms. The highest BCUT2D eigenvalue weighted by Gasteiger charge is 2.37. The zero-order valence-corrected chi connectivity index (χ0v) is 12.0. The minimum Gasteiger partial charge on any atom is -0.312 e. The van der Waals surface area contributed by atoms with E-state index in [0.29, 0.717) is 0 Å². The molecule has 0 amide bonds. The second kappa shape index (κ2) is 5.92. The molecule has 3 rings (SSSR count). The maximum Gasteiger partial charge on any atom is 0.0252 e. The van der Waals surface area contributed by atoms with E-state index in [-0.39, 0.29) is 0 Å². The Morgan fingerprint density at radius 2 is 1.78 bits per heavy atom. The van der Waals surface area contributed by atoms with Crippen LogP contribution in [0.1, 0.15) is 64.7 Å². The van der Waals surface area contributed by atoms with Crippen LogP contribution in [-0.2, 0) is 0 Å². The molecule has 3 aliphatic rings. The van der Waals surface area contributed by atoms with Gasteiger partial charge in [-0.1, -0.05) is 19.3 Å². The average molecular weight is 250 g/mol. The van der Waals surface area contributed by atoms with Gasteiger partial charge in [0, 0.05) is 18.1 Å². The molecule has 3 unspecified atom stereocenters. The number of hydrogen-bond acceptors (Lipinski definition) is 2. The summed E-state index contributed by atoms with van der Waals surface area (Å²) in [6, 6.07) is 2.49. The fraction of sp³-hybridized carbons (Fsp3) is 1.00. The highest BCUT2D eigenvalue weighted by molar-refractivity contribution is 4.95. The van der Waals surface area contributed by atoms with Crippen molar-refractivity contribution in [2.24, 2.45) is 5.92 Å². The molecule has 1 aliphatic carbocycles. The second-order valence-corrected chi connectivity index (χ2v) is 6.79. The van der Waals surface area contributed by atoms with Crippen molar-refractivity contribution >= 4 is 0 Å². The van der Waals surface area contributed by atoms with Gasteiger partial charge in [0.25, 0.3) is 0 Å². The summed E-state index contributed by atoms with van der Waals surface area (Å²) in [6.45, 7) is 5.14. The summed E-state index contributed by atoms with van der Waals surface area (Å²) >= 11 is 0. The maximum atomic E-state index is 3.74. The summed E-state index contributed by atoms with van der Waals surface area (Å²) in [5.74, 6) is 0.987. The van der Waals surface area contributed by atoms with Crippen LogP contribution in [-0.4, -0.2) is 36.1 Å². The number of rotatable bonds is 3. The topological polar surface area (TPSA) is 15.3 Å². The first-order valence-electron chi connectivity index (χ1n) is 8.35. The lowest BCUT2D eigenvalue weighted by Gasteiger charge is -2.39. The Morgan fingerprint density at radius 1 is 0.944 bits per heavy atom. The van der Waals surface area contributed by atoms with Gasteiger partial charge in [-0.2, -0.15) is 0 Å². The summed E-state index contributed by atoms with van der Waals surface area (Å²) in [6.07, 6.45) is 13.1. The summed E-state index contributed by atoms with van der Waals surface area (Å²) in [5, 5.41) is 3.74. The molecule has 2 nitrogen and oxygen atoms in total. The molecule has 2 saturated heterocycles. The molecule has 3 fully saturated rings. The van der Waals surface area contributed by atoms with E-state index in [1.807, 2.05) is 0 Å². The Morgan fingerprint density at radius 3 is 2.50 bits per heavy atom. The number of nitrogens with one attached hydrogen (secondary N) is 1. The first-order valence-corrected chi connectivity index (χ1v) is 8.35. The minimum absolute atomic E-state index is 0.804. The second-order valence-electron chi connectivity index (χ2n) is 6.79. The van der Waals surface area contributed by atoms with Crippen molar-refractivity contribution in [1.29, 1.82) is 0 Å². The Balaban J connectivity index is 1.61. The summed E-state index contributed by atoms with van der Waals surface area (Å²) in [4.78, 5) is 2.87. The van der Waals surface area contributed by atoms with Crippen molar-refractivity contribution in [2.45, 2.75) is 82.8 Å². The number of nitrogens with zero attached hydrogens (tertiary/aromatic N) is 1. The Bertz CT molecular complexity index is 254. The zero-order valence-electron chi connectivity index (χ0n) is 12.0. The largest absolute Gasteiger partial charge is 0.312 e. The molecule has 18 heavy (non-hydrogen) atoms. The van der Waals surface area contributed by atoms with Crippen molar-refractivity contribution < 1.29 is 0 Å². The van der Waals surface area contributed by atoms with E-state index in [1.54, 1.807) is 0 Å². The Hall–Kier alpha value is -0.0800. The van der Waals surface area contributed by atoms with E-state index < -0.39 is 0 Å². The quantitative estimate of drug-likeness (QED) is 0.827. The molecule has 0 aromatic heterocycles. The van der Waals surface area contributed by atoms with Crippen LogP contribution in [0.2, 0.25) is 0 Å². The van der Waals surface area contributed by atoms with Crippen molar-refractivity contribution in [3.63, 3.8) is 0 Å². The third-order valence-corrected chi connectivity index (χ3v) is 5.76. The van der Waals surface area contributed by atoms with Gasteiger partial charge in [-0.15, -0.1) is 0 Å². The van der Waals surface area contributed by atoms with Crippen LogP contribution >= 0.6 is 0 Å². The van der Waals surface area contributed by atoms with E-state index in [4.69, 9.17) is 0 Å². The third kappa shape index (κ3) is 2.60. The zero-order chi connectivity index (χ0) is 12.4. The molecule has 0 radical (unpaired) electrons. The van der Waals surface area contributed by atoms with Crippen LogP contribution in [0.15, 0.2) is 0 Å². The lowest BCUT2D eigenvalue weighted by atomic mass is 9.83. The van der Waals surface area contributed by atoms with Gasteiger partial charge >= 0.3 is 0 Å². The van der Waals surface area contributed by atoms with Gasteiger partial charge in [0.05, 0.1) is 0 Å². The van der Waals surface area contributed by atoms with Crippen LogP contribution < -0.4 is 5.32 Å². The fourth-order valence-electron chi connectivity index (χ4n) is 4.68. The van der Waals surface area contributed by atoms with Gasteiger partial charge in [0.15, 0.2) is 0 Å². The van der Waals surface area contributed by atoms with Crippen LogP contribution in [0.4, 0.5) is 0 Å². The van der Waals surface area contributed by atoms with Crippen LogP contribution in [0, 0.1) is 5.92 Å². The molecule has 3 atom stereocenters. The summed E-state index contributed by atoms with van der Waals surface area (Å²) < 4.78 is 0. The predicted octanol–water partition coefficient (Wildman–Crippen LogP) is 3.17. The van der Waals surface area contributed by atoms with E-state index in [9.17, 15) is 0 Å². The Kier molecular flexibility index (Phi) is 4.25. The molecular weight excluding hydrogens is 220 g/mol. The molecule has 0 aromatic carbocycles. The van der Waals surface area contributed by atoms with Gasteiger partial charge in [-0.05, 0) is 64.5 Å². The van der Waals surface area contributed by atoms with E-state index in [2.05, 4.69) is 17.1 Å². The molecule has 0 spiro atoms. The Labute approximate surface area is 113 Å². The maximum absolute atomic E-state index is 3.74. The van der Waals surface area contributed by atoms with Gasteiger partial charge in [0.2, 0.25) is 0 Å². The minimum atomic E-state index is 0.804. The third-order valence-electron chi connectivity index (χ3n) is 5.76. The van der Waals surface area contributed by atoms with Gasteiger partial charge in [-0.3, -0.25) is 4.90 Å². The van der Waals surface area contributed by atoms with E-state index in [0.717, 1.165) is 24.0 Å². The van der Waals surface area contributed by atoms with Crippen molar-refractivity contribution in [2.75, 3.05) is 13.1 Å². The van der Waals surface area contributed by atoms with Crippen molar-refractivity contribution in [3.8, 4) is 0 Å². The van der Waals surface area contributed by atoms with Gasteiger partial charge in [0.1, 0.15) is 0 Å². The molecule has 0 aromatic rings. The van der Waals surface area contributed by atoms with Gasteiger partial charge < -0.3 is 5.32 Å². The lowest BCUT2D eigenvalue weighted by Crippen LogP contribution is -2.49. The van der Waals surface area contributed by atoms with Crippen LogP contribution in [0.3, 0.4) is 0 Å². The molecule has 2 heterocycles. The van der Waals surface area contributed by atoms with Gasteiger partial charge in [-0.25, -0.2) is 0 Å². The van der Waals surface area contributed by atoms with E-state index in [1.165, 1.54) is 70.9 Å². The summed E-state index contributed by atoms with van der Waals surface area (Å²) in [7, 11) is 0. The van der Waals surface area contributed by atoms with Crippen molar-refractivity contribution in [1.82, 2.24) is 10.2 Å². The predicted molar refractivity (Wildman–Crippen MR) is 76.8 cm³/mol. The monoisotopic (exact) mass is 250 g/mol. The number of likely N-dealkylation sites (tertiary alicyclic amines) is 1. The van der Waals surface area contributed by atoms with E-state index >= 15 is 0 Å². The first kappa shape index (κ1) is 12.9. The van der Waals surface area contributed by atoms with Crippen molar-refractivity contribution in [3.05, 3.63) is 0 Å².